The molecule has 0 unspecified atom stereocenters. The summed E-state index contributed by atoms with van der Waals surface area (Å²) in [4.78, 5) is 16.1. The van der Waals surface area contributed by atoms with E-state index in [1.54, 1.807) is 0 Å². The van der Waals surface area contributed by atoms with Crippen LogP contribution in [0.2, 0.25) is 0 Å². The second-order valence-corrected chi connectivity index (χ2v) is 7.17. The number of rotatable bonds is 3. The van der Waals surface area contributed by atoms with E-state index in [1.165, 1.54) is 12.1 Å². The van der Waals surface area contributed by atoms with Gasteiger partial charge < -0.3 is 9.80 Å². The van der Waals surface area contributed by atoms with Gasteiger partial charge in [-0.1, -0.05) is 0 Å². The van der Waals surface area contributed by atoms with E-state index in [4.69, 9.17) is 4.98 Å². The van der Waals surface area contributed by atoms with Gasteiger partial charge in [0.25, 0.3) is 0 Å². The fourth-order valence-corrected chi connectivity index (χ4v) is 3.62. The SMILES string of the molecule is CN1CCN(c2ncc3c(n2)CCN(Cc2cc(F)cc(F)c2)C3)CC1. The highest BCUT2D eigenvalue weighted by Gasteiger charge is 2.22. The maximum Gasteiger partial charge on any atom is 0.225 e. The molecule has 138 valence electrons. The quantitative estimate of drug-likeness (QED) is 0.838. The molecule has 0 amide bonds. The third kappa shape index (κ3) is 3.83. The molecule has 3 heterocycles. The van der Waals surface area contributed by atoms with Crippen molar-refractivity contribution in [3.05, 3.63) is 52.9 Å². The zero-order valence-corrected chi connectivity index (χ0v) is 15.0. The smallest absolute Gasteiger partial charge is 0.225 e. The fourth-order valence-electron chi connectivity index (χ4n) is 3.62. The van der Waals surface area contributed by atoms with Crippen LogP contribution < -0.4 is 4.90 Å². The summed E-state index contributed by atoms with van der Waals surface area (Å²) in [5.41, 5.74) is 2.85. The van der Waals surface area contributed by atoms with Gasteiger partial charge in [-0.05, 0) is 24.7 Å². The van der Waals surface area contributed by atoms with E-state index in [9.17, 15) is 8.78 Å². The highest BCUT2D eigenvalue weighted by atomic mass is 19.1. The lowest BCUT2D eigenvalue weighted by atomic mass is 10.1. The van der Waals surface area contributed by atoms with Gasteiger partial charge in [0.15, 0.2) is 0 Å². The van der Waals surface area contributed by atoms with Crippen LogP contribution in [-0.4, -0.2) is 59.5 Å². The van der Waals surface area contributed by atoms with Crippen molar-refractivity contribution in [3.8, 4) is 0 Å². The Morgan fingerprint density at radius 3 is 2.46 bits per heavy atom. The number of piperazine rings is 1. The molecule has 0 saturated carbocycles. The first kappa shape index (κ1) is 17.3. The molecule has 2 aliphatic heterocycles. The van der Waals surface area contributed by atoms with Crippen molar-refractivity contribution >= 4 is 5.95 Å². The van der Waals surface area contributed by atoms with Crippen LogP contribution in [0.5, 0.6) is 0 Å². The summed E-state index contributed by atoms with van der Waals surface area (Å²) in [6.07, 6.45) is 2.74. The first-order valence-electron chi connectivity index (χ1n) is 9.02. The van der Waals surface area contributed by atoms with Gasteiger partial charge in [-0.2, -0.15) is 0 Å². The van der Waals surface area contributed by atoms with Gasteiger partial charge in [0.2, 0.25) is 5.95 Å². The van der Waals surface area contributed by atoms with Crippen molar-refractivity contribution in [3.63, 3.8) is 0 Å². The van der Waals surface area contributed by atoms with Crippen LogP contribution in [0.4, 0.5) is 14.7 Å². The Hall–Kier alpha value is -2.12. The molecule has 1 saturated heterocycles. The molecule has 0 aliphatic carbocycles. The van der Waals surface area contributed by atoms with Crippen molar-refractivity contribution in [2.45, 2.75) is 19.5 Å². The van der Waals surface area contributed by atoms with Gasteiger partial charge in [0.1, 0.15) is 11.6 Å². The van der Waals surface area contributed by atoms with Crippen molar-refractivity contribution < 1.29 is 8.78 Å². The van der Waals surface area contributed by atoms with Gasteiger partial charge in [-0.3, -0.25) is 4.90 Å². The largest absolute Gasteiger partial charge is 0.338 e. The second-order valence-electron chi connectivity index (χ2n) is 7.17. The Balaban J connectivity index is 1.44. The van der Waals surface area contributed by atoms with Crippen molar-refractivity contribution in [2.24, 2.45) is 0 Å². The van der Waals surface area contributed by atoms with Gasteiger partial charge in [0, 0.05) is 70.1 Å². The molecule has 4 rings (SSSR count). The van der Waals surface area contributed by atoms with E-state index in [0.29, 0.717) is 18.7 Å². The first-order valence-corrected chi connectivity index (χ1v) is 9.02. The number of anilines is 1. The van der Waals surface area contributed by atoms with E-state index in [0.717, 1.165) is 62.4 Å². The van der Waals surface area contributed by atoms with Crippen LogP contribution >= 0.6 is 0 Å². The van der Waals surface area contributed by atoms with E-state index in [-0.39, 0.29) is 0 Å². The molecule has 2 aliphatic rings. The molecule has 2 aromatic rings. The molecule has 1 fully saturated rings. The summed E-state index contributed by atoms with van der Waals surface area (Å²) in [5.74, 6) is -0.243. The number of likely N-dealkylation sites (N-methyl/N-ethyl adjacent to an activating group) is 1. The Kier molecular flexibility index (Phi) is 4.82. The topological polar surface area (TPSA) is 35.5 Å². The minimum absolute atomic E-state index is 0.522. The predicted octanol–water partition coefficient (Wildman–Crippen LogP) is 2.06. The van der Waals surface area contributed by atoms with Crippen molar-refractivity contribution in [1.82, 2.24) is 19.8 Å². The molecular formula is C19H23F2N5. The summed E-state index contributed by atoms with van der Waals surface area (Å²) in [6, 6.07) is 3.69. The average Bonchev–Trinajstić information content (AvgIpc) is 2.61. The van der Waals surface area contributed by atoms with Gasteiger partial charge in [-0.15, -0.1) is 0 Å². The number of aromatic nitrogens is 2. The van der Waals surface area contributed by atoms with E-state index in [1.807, 2.05) is 6.20 Å². The maximum absolute atomic E-state index is 13.4. The zero-order valence-electron chi connectivity index (χ0n) is 15.0. The first-order chi connectivity index (χ1) is 12.6. The molecule has 5 nitrogen and oxygen atoms in total. The monoisotopic (exact) mass is 359 g/mol. The maximum atomic E-state index is 13.4. The lowest BCUT2D eigenvalue weighted by Gasteiger charge is -2.33. The summed E-state index contributed by atoms with van der Waals surface area (Å²) in [6.45, 7) is 6.01. The molecule has 0 N–H and O–H groups in total. The standard InChI is InChI=1S/C19H23F2N5/c1-24-4-6-26(7-5-24)19-22-11-15-13-25(3-2-18(15)23-19)12-14-8-16(20)10-17(21)9-14/h8-11H,2-7,12-13H2,1H3. The summed E-state index contributed by atoms with van der Waals surface area (Å²) in [5, 5.41) is 0. The zero-order chi connectivity index (χ0) is 18.1. The van der Waals surface area contributed by atoms with Crippen LogP contribution in [0, 0.1) is 11.6 Å². The molecule has 1 aromatic carbocycles. The van der Waals surface area contributed by atoms with Gasteiger partial charge in [0.05, 0.1) is 5.69 Å². The van der Waals surface area contributed by atoms with Crippen LogP contribution in [0.3, 0.4) is 0 Å². The van der Waals surface area contributed by atoms with E-state index in [2.05, 4.69) is 26.7 Å². The third-order valence-corrected chi connectivity index (χ3v) is 5.11. The molecule has 1 aromatic heterocycles. The van der Waals surface area contributed by atoms with Gasteiger partial charge >= 0.3 is 0 Å². The molecular weight excluding hydrogens is 336 g/mol. The fraction of sp³-hybridized carbons (Fsp3) is 0.474. The molecule has 0 atom stereocenters. The third-order valence-electron chi connectivity index (χ3n) is 5.11. The minimum atomic E-state index is -0.530. The van der Waals surface area contributed by atoms with Crippen molar-refractivity contribution in [2.75, 3.05) is 44.7 Å². The van der Waals surface area contributed by atoms with Crippen LogP contribution in [0.25, 0.3) is 0 Å². The summed E-state index contributed by atoms with van der Waals surface area (Å²) < 4.78 is 26.8. The Morgan fingerprint density at radius 1 is 1.00 bits per heavy atom. The number of nitrogens with zero attached hydrogens (tertiary/aromatic N) is 5. The Bertz CT molecular complexity index is 769. The Labute approximate surface area is 152 Å². The summed E-state index contributed by atoms with van der Waals surface area (Å²) in [7, 11) is 2.13. The number of fused-ring (bicyclic) bond motifs is 1. The minimum Gasteiger partial charge on any atom is -0.338 e. The lowest BCUT2D eigenvalue weighted by Crippen LogP contribution is -2.45. The number of hydrogen-bond donors (Lipinski definition) is 0. The molecule has 26 heavy (non-hydrogen) atoms. The predicted molar refractivity (Wildman–Crippen MR) is 95.9 cm³/mol. The lowest BCUT2D eigenvalue weighted by molar-refractivity contribution is 0.242. The molecule has 0 bridgehead atoms. The van der Waals surface area contributed by atoms with E-state index < -0.39 is 11.6 Å². The number of hydrogen-bond acceptors (Lipinski definition) is 5. The average molecular weight is 359 g/mol. The molecule has 0 radical (unpaired) electrons. The second kappa shape index (κ2) is 7.25. The molecule has 7 heteroatoms. The highest BCUT2D eigenvalue weighted by Crippen LogP contribution is 2.22. The van der Waals surface area contributed by atoms with Crippen molar-refractivity contribution in [1.29, 1.82) is 0 Å². The van der Waals surface area contributed by atoms with Crippen LogP contribution in [-0.2, 0) is 19.5 Å². The number of benzene rings is 1. The summed E-state index contributed by atoms with van der Waals surface area (Å²) >= 11 is 0. The van der Waals surface area contributed by atoms with Gasteiger partial charge in [-0.25, -0.2) is 18.7 Å². The highest BCUT2D eigenvalue weighted by molar-refractivity contribution is 5.35. The van der Waals surface area contributed by atoms with E-state index >= 15 is 0 Å². The Morgan fingerprint density at radius 2 is 1.73 bits per heavy atom. The normalized spacial score (nSPS) is 18.8. The van der Waals surface area contributed by atoms with Crippen LogP contribution in [0.15, 0.2) is 24.4 Å². The molecule has 0 spiro atoms. The number of halogens is 2. The van der Waals surface area contributed by atoms with Crippen LogP contribution in [0.1, 0.15) is 16.8 Å².